The van der Waals surface area contributed by atoms with E-state index in [2.05, 4.69) is 0 Å². The van der Waals surface area contributed by atoms with Crippen molar-refractivity contribution in [3.8, 4) is 0 Å². The van der Waals surface area contributed by atoms with Gasteiger partial charge in [0.05, 0.1) is 0 Å². The molecule has 1 aromatic carbocycles. The second kappa shape index (κ2) is 6.63. The minimum Gasteiger partial charge on any atom is -0.399 e. The maximum atomic E-state index is 12.4. The fraction of sp³-hybridized carbons (Fsp3) is 0.500. The third-order valence-electron chi connectivity index (χ3n) is 2.90. The van der Waals surface area contributed by atoms with Crippen molar-refractivity contribution in [2.24, 2.45) is 0 Å². The number of anilines is 1. The molecular formula is C14H19F3N2O. The van der Waals surface area contributed by atoms with Gasteiger partial charge in [-0.3, -0.25) is 4.79 Å². The van der Waals surface area contributed by atoms with E-state index in [0.717, 1.165) is 10.5 Å². The summed E-state index contributed by atoms with van der Waals surface area (Å²) in [6.45, 7) is 1.95. The molecule has 0 spiro atoms. The molecule has 0 heterocycles. The van der Waals surface area contributed by atoms with E-state index < -0.39 is 24.7 Å². The molecule has 0 saturated carbocycles. The number of benzene rings is 1. The largest absolute Gasteiger partial charge is 0.406 e. The van der Waals surface area contributed by atoms with Gasteiger partial charge < -0.3 is 10.6 Å². The lowest BCUT2D eigenvalue weighted by atomic mass is 10.1. The van der Waals surface area contributed by atoms with Crippen LogP contribution in [0.15, 0.2) is 24.3 Å². The molecule has 0 atom stereocenters. The lowest BCUT2D eigenvalue weighted by Crippen LogP contribution is -2.43. The highest BCUT2D eigenvalue weighted by Gasteiger charge is 2.33. The summed E-state index contributed by atoms with van der Waals surface area (Å²) < 4.78 is 37.3. The van der Waals surface area contributed by atoms with Crippen LogP contribution in [0, 0.1) is 0 Å². The molecule has 112 valence electrons. The molecule has 6 heteroatoms. The summed E-state index contributed by atoms with van der Waals surface area (Å²) >= 11 is 0. The zero-order valence-electron chi connectivity index (χ0n) is 11.6. The molecule has 3 nitrogen and oxygen atoms in total. The first kappa shape index (κ1) is 16.3. The molecule has 0 aromatic heterocycles. The fourth-order valence-corrected chi connectivity index (χ4v) is 1.83. The molecule has 2 N–H and O–H groups in total. The van der Waals surface area contributed by atoms with Crippen molar-refractivity contribution >= 4 is 11.6 Å². The van der Waals surface area contributed by atoms with Crippen molar-refractivity contribution in [1.82, 2.24) is 4.90 Å². The van der Waals surface area contributed by atoms with Gasteiger partial charge in [0.15, 0.2) is 0 Å². The Hall–Kier alpha value is -1.72. The second-order valence-corrected chi connectivity index (χ2v) is 4.97. The predicted octanol–water partition coefficient (Wildman–Crippen LogP) is 3.00. The minimum atomic E-state index is -4.37. The molecular weight excluding hydrogens is 269 g/mol. The van der Waals surface area contributed by atoms with E-state index in [9.17, 15) is 18.0 Å². The first-order valence-electron chi connectivity index (χ1n) is 6.39. The maximum Gasteiger partial charge on any atom is 0.406 e. The van der Waals surface area contributed by atoms with Gasteiger partial charge in [0.2, 0.25) is 5.91 Å². The molecule has 1 rings (SSSR count). The normalized spacial score (nSPS) is 11.7. The summed E-state index contributed by atoms with van der Waals surface area (Å²) in [7, 11) is 0. The molecule has 20 heavy (non-hydrogen) atoms. The van der Waals surface area contributed by atoms with Gasteiger partial charge in [-0.1, -0.05) is 12.1 Å². The van der Waals surface area contributed by atoms with E-state index >= 15 is 0 Å². The Bertz CT molecular complexity index is 441. The number of nitrogens with two attached hydrogens (primary N) is 1. The fourth-order valence-electron chi connectivity index (χ4n) is 1.83. The standard InChI is InChI=1S/C14H19F3N2O/c1-10(2)19(9-14(15,16)17)13(20)8-5-11-3-6-12(18)7-4-11/h3-4,6-7,10H,5,8-9,18H2,1-2H3. The molecule has 0 unspecified atom stereocenters. The Morgan fingerprint density at radius 2 is 1.80 bits per heavy atom. The van der Waals surface area contributed by atoms with E-state index in [1.807, 2.05) is 0 Å². The number of carbonyl (C=O) groups excluding carboxylic acids is 1. The first-order valence-corrected chi connectivity index (χ1v) is 6.39. The molecule has 0 saturated heterocycles. The Morgan fingerprint density at radius 3 is 2.25 bits per heavy atom. The van der Waals surface area contributed by atoms with Gasteiger partial charge in [-0.2, -0.15) is 13.2 Å². The molecule has 1 amide bonds. The van der Waals surface area contributed by atoms with Crippen LogP contribution < -0.4 is 5.73 Å². The number of alkyl halides is 3. The number of hydrogen-bond donors (Lipinski definition) is 1. The van der Waals surface area contributed by atoms with Gasteiger partial charge in [0, 0.05) is 18.2 Å². The van der Waals surface area contributed by atoms with Crippen LogP contribution in [0.25, 0.3) is 0 Å². The Balaban J connectivity index is 2.60. The zero-order chi connectivity index (χ0) is 15.3. The number of nitrogen functional groups attached to an aromatic ring is 1. The van der Waals surface area contributed by atoms with Crippen LogP contribution in [0.1, 0.15) is 25.8 Å². The highest BCUT2D eigenvalue weighted by molar-refractivity contribution is 5.76. The molecule has 1 aromatic rings. The van der Waals surface area contributed by atoms with Crippen LogP contribution in [0.2, 0.25) is 0 Å². The van der Waals surface area contributed by atoms with E-state index in [-0.39, 0.29) is 6.42 Å². The van der Waals surface area contributed by atoms with Crippen LogP contribution in [0.4, 0.5) is 18.9 Å². The lowest BCUT2D eigenvalue weighted by molar-refractivity contribution is -0.164. The topological polar surface area (TPSA) is 46.3 Å². The van der Waals surface area contributed by atoms with Crippen LogP contribution in [-0.2, 0) is 11.2 Å². The van der Waals surface area contributed by atoms with E-state index in [0.29, 0.717) is 12.1 Å². The molecule has 0 aliphatic heterocycles. The quantitative estimate of drug-likeness (QED) is 0.847. The van der Waals surface area contributed by atoms with Gasteiger partial charge in [-0.15, -0.1) is 0 Å². The molecule has 0 aliphatic carbocycles. The monoisotopic (exact) mass is 288 g/mol. The van der Waals surface area contributed by atoms with Crippen molar-refractivity contribution in [3.63, 3.8) is 0 Å². The van der Waals surface area contributed by atoms with E-state index in [1.54, 1.807) is 38.1 Å². The first-order chi connectivity index (χ1) is 9.19. The number of rotatable bonds is 5. The summed E-state index contributed by atoms with van der Waals surface area (Å²) in [5.74, 6) is -0.492. The number of aryl methyl sites for hydroxylation is 1. The Labute approximate surface area is 116 Å². The summed E-state index contributed by atoms with van der Waals surface area (Å²) in [6.07, 6.45) is -3.92. The summed E-state index contributed by atoms with van der Waals surface area (Å²) in [5.41, 5.74) is 7.03. The van der Waals surface area contributed by atoms with Gasteiger partial charge in [0.25, 0.3) is 0 Å². The van der Waals surface area contributed by atoms with Crippen LogP contribution in [0.5, 0.6) is 0 Å². The van der Waals surface area contributed by atoms with E-state index in [4.69, 9.17) is 5.73 Å². The van der Waals surface area contributed by atoms with Crippen LogP contribution in [-0.4, -0.2) is 29.6 Å². The molecule has 0 fully saturated rings. The highest BCUT2D eigenvalue weighted by atomic mass is 19.4. The number of carbonyl (C=O) groups is 1. The highest BCUT2D eigenvalue weighted by Crippen LogP contribution is 2.19. The molecule has 0 radical (unpaired) electrons. The van der Waals surface area contributed by atoms with Gasteiger partial charge in [-0.25, -0.2) is 0 Å². The number of amides is 1. The van der Waals surface area contributed by atoms with Crippen molar-refractivity contribution < 1.29 is 18.0 Å². The SMILES string of the molecule is CC(C)N(CC(F)(F)F)C(=O)CCc1ccc(N)cc1. The third kappa shape index (κ3) is 5.50. The van der Waals surface area contributed by atoms with Crippen molar-refractivity contribution in [2.45, 2.75) is 38.9 Å². The number of hydrogen-bond acceptors (Lipinski definition) is 2. The summed E-state index contributed by atoms with van der Waals surface area (Å²) in [4.78, 5) is 12.8. The number of nitrogens with zero attached hydrogens (tertiary/aromatic N) is 1. The predicted molar refractivity (Wildman–Crippen MR) is 72.1 cm³/mol. The lowest BCUT2D eigenvalue weighted by Gasteiger charge is -2.27. The van der Waals surface area contributed by atoms with Gasteiger partial charge >= 0.3 is 6.18 Å². The Morgan fingerprint density at radius 1 is 1.25 bits per heavy atom. The van der Waals surface area contributed by atoms with Crippen molar-refractivity contribution in [3.05, 3.63) is 29.8 Å². The zero-order valence-corrected chi connectivity index (χ0v) is 11.6. The summed E-state index contributed by atoms with van der Waals surface area (Å²) in [5, 5.41) is 0. The maximum absolute atomic E-state index is 12.4. The van der Waals surface area contributed by atoms with Crippen molar-refractivity contribution in [1.29, 1.82) is 0 Å². The van der Waals surface area contributed by atoms with Crippen LogP contribution in [0.3, 0.4) is 0 Å². The second-order valence-electron chi connectivity index (χ2n) is 4.97. The van der Waals surface area contributed by atoms with Gasteiger partial charge in [-0.05, 0) is 38.0 Å². The van der Waals surface area contributed by atoms with E-state index in [1.165, 1.54) is 0 Å². The average molecular weight is 288 g/mol. The summed E-state index contributed by atoms with van der Waals surface area (Å²) in [6, 6.07) is 6.47. The van der Waals surface area contributed by atoms with Crippen molar-refractivity contribution in [2.75, 3.05) is 12.3 Å². The average Bonchev–Trinajstić information content (AvgIpc) is 2.33. The Kier molecular flexibility index (Phi) is 5.42. The number of halogens is 3. The van der Waals surface area contributed by atoms with Crippen LogP contribution >= 0.6 is 0 Å². The molecule has 0 bridgehead atoms. The third-order valence-corrected chi connectivity index (χ3v) is 2.90. The minimum absolute atomic E-state index is 0.0537. The van der Waals surface area contributed by atoms with Gasteiger partial charge in [0.1, 0.15) is 6.54 Å². The smallest absolute Gasteiger partial charge is 0.399 e. The molecule has 0 aliphatic rings.